The molecule has 0 radical (unpaired) electrons. The Balaban J connectivity index is 2.17. The molecular formula is C9H9NO5. The molecule has 1 aromatic carbocycles. The number of ether oxygens (including phenoxy) is 1. The van der Waals surface area contributed by atoms with Gasteiger partial charge in [0.2, 0.25) is 0 Å². The van der Waals surface area contributed by atoms with Gasteiger partial charge in [0.1, 0.15) is 12.7 Å². The third-order valence-corrected chi connectivity index (χ3v) is 2.17. The zero-order valence-corrected chi connectivity index (χ0v) is 7.75. The highest BCUT2D eigenvalue weighted by Crippen LogP contribution is 2.34. The zero-order chi connectivity index (χ0) is 10.8. The largest absolute Gasteiger partial charge is 0.504 e. The van der Waals surface area contributed by atoms with Crippen LogP contribution in [0, 0.1) is 10.1 Å². The molecule has 0 amide bonds. The van der Waals surface area contributed by atoms with Crippen LogP contribution in [0.1, 0.15) is 5.56 Å². The van der Waals surface area contributed by atoms with Gasteiger partial charge >= 0.3 is 0 Å². The molecule has 0 aliphatic carbocycles. The Morgan fingerprint density at radius 2 is 2.40 bits per heavy atom. The van der Waals surface area contributed by atoms with Gasteiger partial charge in [0.05, 0.1) is 0 Å². The fourth-order valence-corrected chi connectivity index (χ4v) is 1.57. The quantitative estimate of drug-likeness (QED) is 0.580. The lowest BCUT2D eigenvalue weighted by Crippen LogP contribution is -2.30. The van der Waals surface area contributed by atoms with Crippen molar-refractivity contribution in [2.24, 2.45) is 0 Å². The van der Waals surface area contributed by atoms with E-state index in [1.54, 1.807) is 12.1 Å². The third-order valence-electron chi connectivity index (χ3n) is 2.17. The van der Waals surface area contributed by atoms with Crippen molar-refractivity contribution in [3.8, 4) is 11.5 Å². The number of rotatable bonds is 2. The molecule has 2 rings (SSSR count). The zero-order valence-electron chi connectivity index (χ0n) is 7.75. The lowest BCUT2D eigenvalue weighted by atomic mass is 10.0. The molecule has 0 aromatic heterocycles. The predicted octanol–water partition coefficient (Wildman–Crippen LogP) is 0.904. The summed E-state index contributed by atoms with van der Waals surface area (Å²) in [5, 5.41) is 18.7. The Hall–Kier alpha value is -1.98. The summed E-state index contributed by atoms with van der Waals surface area (Å²) in [6.45, 7) is 0.0750. The first kappa shape index (κ1) is 9.57. The third kappa shape index (κ3) is 1.93. The molecule has 1 atom stereocenters. The van der Waals surface area contributed by atoms with E-state index in [-0.39, 0.29) is 12.4 Å². The molecular weight excluding hydrogens is 202 g/mol. The number of phenolic OH excluding ortho intramolecular Hbond substituents is 1. The highest BCUT2D eigenvalue weighted by Gasteiger charge is 2.24. The number of para-hydroxylation sites is 1. The van der Waals surface area contributed by atoms with E-state index in [4.69, 9.17) is 4.74 Å². The van der Waals surface area contributed by atoms with Gasteiger partial charge in [-0.25, -0.2) is 0 Å². The molecule has 0 unspecified atom stereocenters. The predicted molar refractivity (Wildman–Crippen MR) is 49.2 cm³/mol. The molecule has 1 heterocycles. The monoisotopic (exact) mass is 211 g/mol. The van der Waals surface area contributed by atoms with E-state index in [0.29, 0.717) is 17.7 Å². The van der Waals surface area contributed by atoms with Gasteiger partial charge in [-0.05, 0) is 6.07 Å². The van der Waals surface area contributed by atoms with E-state index >= 15 is 0 Å². The maximum absolute atomic E-state index is 10.1. The molecule has 1 aliphatic heterocycles. The smallest absolute Gasteiger partial charge is 0.294 e. The van der Waals surface area contributed by atoms with Crippen molar-refractivity contribution in [3.63, 3.8) is 0 Å². The molecule has 1 aromatic rings. The molecule has 80 valence electrons. The van der Waals surface area contributed by atoms with Crippen molar-refractivity contribution >= 4 is 0 Å². The lowest BCUT2D eigenvalue weighted by Gasteiger charge is -2.23. The van der Waals surface area contributed by atoms with Crippen LogP contribution in [-0.2, 0) is 11.3 Å². The molecule has 15 heavy (non-hydrogen) atoms. The van der Waals surface area contributed by atoms with Crippen LogP contribution in [-0.4, -0.2) is 22.9 Å². The summed E-state index contributed by atoms with van der Waals surface area (Å²) in [5.74, 6) is 0.438. The number of hydrogen-bond acceptors (Lipinski definition) is 5. The van der Waals surface area contributed by atoms with E-state index < -0.39 is 11.2 Å². The fourth-order valence-electron chi connectivity index (χ4n) is 1.57. The Kier molecular flexibility index (Phi) is 2.32. The van der Waals surface area contributed by atoms with Crippen molar-refractivity contribution in [1.29, 1.82) is 0 Å². The number of hydrogen-bond donors (Lipinski definition) is 1. The lowest BCUT2D eigenvalue weighted by molar-refractivity contribution is -0.769. The maximum atomic E-state index is 10.1. The van der Waals surface area contributed by atoms with Crippen molar-refractivity contribution in [2.75, 3.05) is 6.61 Å². The van der Waals surface area contributed by atoms with Crippen LogP contribution in [0.15, 0.2) is 18.2 Å². The number of benzene rings is 1. The highest BCUT2D eigenvalue weighted by atomic mass is 17.0. The molecule has 0 fully saturated rings. The van der Waals surface area contributed by atoms with Gasteiger partial charge in [-0.3, -0.25) is 0 Å². The topological polar surface area (TPSA) is 81.8 Å². The molecule has 0 saturated heterocycles. The Morgan fingerprint density at radius 1 is 1.60 bits per heavy atom. The van der Waals surface area contributed by atoms with E-state index in [1.807, 2.05) is 0 Å². The summed E-state index contributed by atoms with van der Waals surface area (Å²) in [6.07, 6.45) is -0.237. The van der Waals surface area contributed by atoms with Gasteiger partial charge < -0.3 is 14.7 Å². The van der Waals surface area contributed by atoms with Gasteiger partial charge in [0, 0.05) is 12.0 Å². The first-order valence-electron chi connectivity index (χ1n) is 4.41. The van der Waals surface area contributed by atoms with Gasteiger partial charge in [0.15, 0.2) is 11.5 Å². The van der Waals surface area contributed by atoms with Crippen molar-refractivity contribution in [3.05, 3.63) is 33.9 Å². The summed E-state index contributed by atoms with van der Waals surface area (Å²) in [7, 11) is 0. The minimum atomic E-state index is -0.832. The van der Waals surface area contributed by atoms with Gasteiger partial charge in [0.25, 0.3) is 5.09 Å². The summed E-state index contributed by atoms with van der Waals surface area (Å²) in [4.78, 5) is 14.5. The molecule has 0 saturated carbocycles. The second kappa shape index (κ2) is 3.64. The van der Waals surface area contributed by atoms with E-state index in [2.05, 4.69) is 4.84 Å². The van der Waals surface area contributed by atoms with Crippen molar-refractivity contribution < 1.29 is 19.8 Å². The van der Waals surface area contributed by atoms with Crippen LogP contribution >= 0.6 is 0 Å². The van der Waals surface area contributed by atoms with Crippen LogP contribution in [0.3, 0.4) is 0 Å². The number of nitrogens with zero attached hydrogens (tertiary/aromatic N) is 1. The molecule has 6 heteroatoms. The van der Waals surface area contributed by atoms with E-state index in [9.17, 15) is 15.2 Å². The van der Waals surface area contributed by atoms with Crippen LogP contribution in [0.4, 0.5) is 0 Å². The molecule has 1 N–H and O–H groups in total. The number of fused-ring (bicyclic) bond motifs is 1. The minimum Gasteiger partial charge on any atom is -0.504 e. The van der Waals surface area contributed by atoms with E-state index in [0.717, 1.165) is 0 Å². The van der Waals surface area contributed by atoms with Gasteiger partial charge in [-0.1, -0.05) is 12.1 Å². The van der Waals surface area contributed by atoms with Crippen LogP contribution in [0.5, 0.6) is 11.5 Å². The van der Waals surface area contributed by atoms with Crippen LogP contribution in [0.2, 0.25) is 0 Å². The first-order valence-corrected chi connectivity index (χ1v) is 4.41. The molecule has 0 bridgehead atoms. The summed E-state index contributed by atoms with van der Waals surface area (Å²) >= 11 is 0. The summed E-state index contributed by atoms with van der Waals surface area (Å²) in [5.41, 5.74) is 0.716. The second-order valence-corrected chi connectivity index (χ2v) is 3.23. The Labute approximate surface area is 85.1 Å². The molecule has 1 aliphatic rings. The molecule has 6 nitrogen and oxygen atoms in total. The standard InChI is InChI=1S/C9H9NO5/c11-8-3-1-2-6-4-7(15-10(12)13)5-14-9(6)8/h1-3,7,11H,4-5H2/t7-/m1/s1. The Bertz CT molecular complexity index is 392. The average molecular weight is 211 g/mol. The highest BCUT2D eigenvalue weighted by molar-refractivity contribution is 5.46. The number of aromatic hydroxyl groups is 1. The van der Waals surface area contributed by atoms with Crippen molar-refractivity contribution in [2.45, 2.75) is 12.5 Å². The second-order valence-electron chi connectivity index (χ2n) is 3.23. The normalized spacial score (nSPS) is 18.8. The Morgan fingerprint density at radius 3 is 3.13 bits per heavy atom. The SMILES string of the molecule is O=[N+]([O-])O[C@H]1COc2c(O)cccc2C1. The average Bonchev–Trinajstić information content (AvgIpc) is 2.17. The maximum Gasteiger partial charge on any atom is 0.294 e. The fraction of sp³-hybridized carbons (Fsp3) is 0.333. The summed E-state index contributed by atoms with van der Waals surface area (Å²) < 4.78 is 5.19. The van der Waals surface area contributed by atoms with Gasteiger partial charge in [-0.15, -0.1) is 10.1 Å². The molecule has 0 spiro atoms. The first-order chi connectivity index (χ1) is 7.16. The minimum absolute atomic E-state index is 0.0482. The van der Waals surface area contributed by atoms with Gasteiger partial charge in [-0.2, -0.15) is 0 Å². The summed E-state index contributed by atoms with van der Waals surface area (Å²) in [6, 6.07) is 4.91. The van der Waals surface area contributed by atoms with E-state index in [1.165, 1.54) is 6.07 Å². The number of phenols is 1. The van der Waals surface area contributed by atoms with Crippen LogP contribution < -0.4 is 4.74 Å². The van der Waals surface area contributed by atoms with Crippen LogP contribution in [0.25, 0.3) is 0 Å². The van der Waals surface area contributed by atoms with Crippen molar-refractivity contribution in [1.82, 2.24) is 0 Å².